The minimum Gasteiger partial charge on any atom is -0.493 e. The molecule has 128 valence electrons. The molecule has 2 heterocycles. The Bertz CT molecular complexity index is 679. The Hall–Kier alpha value is -1.92. The third-order valence-corrected chi connectivity index (χ3v) is 4.98. The second-order valence-electron chi connectivity index (χ2n) is 6.83. The van der Waals surface area contributed by atoms with Gasteiger partial charge in [0.2, 0.25) is 0 Å². The predicted molar refractivity (Wildman–Crippen MR) is 89.7 cm³/mol. The van der Waals surface area contributed by atoms with Crippen LogP contribution in [-0.4, -0.2) is 33.7 Å². The van der Waals surface area contributed by atoms with Crippen LogP contribution in [0.3, 0.4) is 0 Å². The zero-order chi connectivity index (χ0) is 16.4. The molecule has 6 heteroatoms. The topological polar surface area (TPSA) is 75.2 Å². The largest absolute Gasteiger partial charge is 0.493 e. The van der Waals surface area contributed by atoms with Crippen molar-refractivity contribution in [3.63, 3.8) is 0 Å². The van der Waals surface area contributed by atoms with Gasteiger partial charge in [0.15, 0.2) is 0 Å². The lowest BCUT2D eigenvalue weighted by Gasteiger charge is -2.25. The van der Waals surface area contributed by atoms with Gasteiger partial charge in [-0.05, 0) is 31.7 Å². The highest BCUT2D eigenvalue weighted by molar-refractivity contribution is 5.39. The van der Waals surface area contributed by atoms with Crippen molar-refractivity contribution in [2.45, 2.75) is 56.9 Å². The van der Waals surface area contributed by atoms with Crippen LogP contribution in [0.25, 0.3) is 0 Å². The molecule has 2 N–H and O–H groups in total. The number of ether oxygens (including phenoxy) is 2. The van der Waals surface area contributed by atoms with Crippen molar-refractivity contribution in [3.8, 4) is 5.75 Å². The third-order valence-electron chi connectivity index (χ3n) is 4.98. The van der Waals surface area contributed by atoms with Crippen LogP contribution in [0.1, 0.15) is 42.9 Å². The third kappa shape index (κ3) is 3.44. The zero-order valence-electron chi connectivity index (χ0n) is 13.8. The SMILES string of the molecule is NC1CCC(OCc2cn(CC3COc4ccccc43)nn2)CC1. The molecule has 1 saturated carbocycles. The molecule has 1 aliphatic carbocycles. The number of rotatable bonds is 5. The Morgan fingerprint density at radius 3 is 2.92 bits per heavy atom. The summed E-state index contributed by atoms with van der Waals surface area (Å²) in [6.07, 6.45) is 6.49. The summed E-state index contributed by atoms with van der Waals surface area (Å²) in [6, 6.07) is 8.55. The molecular formula is C18H24N4O2. The van der Waals surface area contributed by atoms with Crippen molar-refractivity contribution >= 4 is 0 Å². The van der Waals surface area contributed by atoms with Gasteiger partial charge in [-0.3, -0.25) is 4.68 Å². The molecule has 4 rings (SSSR count). The smallest absolute Gasteiger partial charge is 0.122 e. The number of nitrogens with two attached hydrogens (primary N) is 1. The number of hydrogen-bond acceptors (Lipinski definition) is 5. The Morgan fingerprint density at radius 1 is 1.21 bits per heavy atom. The van der Waals surface area contributed by atoms with E-state index in [0.29, 0.717) is 31.3 Å². The lowest BCUT2D eigenvalue weighted by atomic mass is 9.94. The van der Waals surface area contributed by atoms with Gasteiger partial charge in [0.1, 0.15) is 11.4 Å². The number of benzene rings is 1. The Kier molecular flexibility index (Phi) is 4.49. The average molecular weight is 328 g/mol. The van der Waals surface area contributed by atoms with Gasteiger partial charge in [-0.2, -0.15) is 0 Å². The highest BCUT2D eigenvalue weighted by Gasteiger charge is 2.24. The van der Waals surface area contributed by atoms with Crippen molar-refractivity contribution in [1.29, 1.82) is 0 Å². The maximum atomic E-state index is 5.96. The van der Waals surface area contributed by atoms with Gasteiger partial charge in [-0.1, -0.05) is 23.4 Å². The van der Waals surface area contributed by atoms with E-state index in [1.165, 1.54) is 5.56 Å². The first-order chi connectivity index (χ1) is 11.8. The van der Waals surface area contributed by atoms with E-state index >= 15 is 0 Å². The standard InChI is InChI=1S/C18H24N4O2/c19-14-5-7-16(8-6-14)23-12-15-10-22(21-20-15)9-13-11-24-18-4-2-1-3-17(13)18/h1-4,10,13-14,16H,5-9,11-12,19H2. The molecule has 0 spiro atoms. The van der Waals surface area contributed by atoms with Gasteiger partial charge in [-0.15, -0.1) is 5.10 Å². The molecule has 1 fully saturated rings. The average Bonchev–Trinajstić information content (AvgIpc) is 3.22. The summed E-state index contributed by atoms with van der Waals surface area (Å²) in [5, 5.41) is 8.48. The van der Waals surface area contributed by atoms with Crippen molar-refractivity contribution < 1.29 is 9.47 Å². The van der Waals surface area contributed by atoms with Crippen LogP contribution < -0.4 is 10.5 Å². The van der Waals surface area contributed by atoms with E-state index in [0.717, 1.165) is 43.7 Å². The number of fused-ring (bicyclic) bond motifs is 1. The second-order valence-corrected chi connectivity index (χ2v) is 6.83. The fourth-order valence-corrected chi connectivity index (χ4v) is 3.56. The molecule has 0 amide bonds. The summed E-state index contributed by atoms with van der Waals surface area (Å²) in [7, 11) is 0. The molecule has 1 atom stereocenters. The maximum absolute atomic E-state index is 5.96. The molecule has 0 saturated heterocycles. The number of aromatic nitrogens is 3. The van der Waals surface area contributed by atoms with Gasteiger partial charge in [0.25, 0.3) is 0 Å². The fourth-order valence-electron chi connectivity index (χ4n) is 3.56. The van der Waals surface area contributed by atoms with Crippen LogP contribution >= 0.6 is 0 Å². The highest BCUT2D eigenvalue weighted by Crippen LogP contribution is 2.34. The first kappa shape index (κ1) is 15.6. The molecule has 1 unspecified atom stereocenters. The van der Waals surface area contributed by atoms with Crippen LogP contribution in [0.15, 0.2) is 30.5 Å². The molecule has 2 aliphatic rings. The summed E-state index contributed by atoms with van der Waals surface area (Å²) in [6.45, 7) is 2.01. The van der Waals surface area contributed by atoms with Gasteiger partial charge in [0.05, 0.1) is 32.1 Å². The number of nitrogens with zero attached hydrogens (tertiary/aromatic N) is 3. The first-order valence-electron chi connectivity index (χ1n) is 8.76. The molecule has 2 aromatic rings. The second kappa shape index (κ2) is 6.91. The van der Waals surface area contributed by atoms with Gasteiger partial charge in [-0.25, -0.2) is 0 Å². The zero-order valence-corrected chi connectivity index (χ0v) is 13.8. The van der Waals surface area contributed by atoms with Crippen LogP contribution in [0.2, 0.25) is 0 Å². The van der Waals surface area contributed by atoms with Crippen molar-refractivity contribution in [3.05, 3.63) is 41.7 Å². The van der Waals surface area contributed by atoms with E-state index in [9.17, 15) is 0 Å². The van der Waals surface area contributed by atoms with E-state index < -0.39 is 0 Å². The van der Waals surface area contributed by atoms with Crippen LogP contribution in [0.5, 0.6) is 5.75 Å². The minimum atomic E-state index is 0.310. The molecule has 0 bridgehead atoms. The summed E-state index contributed by atoms with van der Waals surface area (Å²) in [4.78, 5) is 0. The normalized spacial score (nSPS) is 26.1. The molecule has 6 nitrogen and oxygen atoms in total. The molecule has 0 radical (unpaired) electrons. The van der Waals surface area contributed by atoms with E-state index in [-0.39, 0.29) is 0 Å². The van der Waals surface area contributed by atoms with E-state index in [1.54, 1.807) is 0 Å². The van der Waals surface area contributed by atoms with Gasteiger partial charge >= 0.3 is 0 Å². The summed E-state index contributed by atoms with van der Waals surface area (Å²) < 4.78 is 13.6. The Labute approximate surface area is 141 Å². The Morgan fingerprint density at radius 2 is 2.04 bits per heavy atom. The molecule has 1 aromatic heterocycles. The van der Waals surface area contributed by atoms with Crippen LogP contribution in [0, 0.1) is 0 Å². The first-order valence-corrected chi connectivity index (χ1v) is 8.76. The van der Waals surface area contributed by atoms with Crippen molar-refractivity contribution in [1.82, 2.24) is 15.0 Å². The lowest BCUT2D eigenvalue weighted by Crippen LogP contribution is -2.30. The summed E-state index contributed by atoms with van der Waals surface area (Å²) >= 11 is 0. The van der Waals surface area contributed by atoms with Crippen LogP contribution in [0.4, 0.5) is 0 Å². The molecule has 1 aromatic carbocycles. The van der Waals surface area contributed by atoms with E-state index in [1.807, 2.05) is 23.0 Å². The summed E-state index contributed by atoms with van der Waals surface area (Å²) in [5.41, 5.74) is 8.07. The summed E-state index contributed by atoms with van der Waals surface area (Å²) in [5.74, 6) is 1.32. The molecule has 24 heavy (non-hydrogen) atoms. The van der Waals surface area contributed by atoms with Crippen LogP contribution in [-0.2, 0) is 17.9 Å². The molecule has 1 aliphatic heterocycles. The van der Waals surface area contributed by atoms with Gasteiger partial charge < -0.3 is 15.2 Å². The maximum Gasteiger partial charge on any atom is 0.122 e. The quantitative estimate of drug-likeness (QED) is 0.911. The number of hydrogen-bond donors (Lipinski definition) is 1. The monoisotopic (exact) mass is 328 g/mol. The minimum absolute atomic E-state index is 0.310. The predicted octanol–water partition coefficient (Wildman–Crippen LogP) is 2.24. The molecular weight excluding hydrogens is 304 g/mol. The lowest BCUT2D eigenvalue weighted by molar-refractivity contribution is 0.0122. The fraction of sp³-hybridized carbons (Fsp3) is 0.556. The van der Waals surface area contributed by atoms with E-state index in [2.05, 4.69) is 22.4 Å². The van der Waals surface area contributed by atoms with Crippen molar-refractivity contribution in [2.24, 2.45) is 5.73 Å². The highest BCUT2D eigenvalue weighted by atomic mass is 16.5. The number of para-hydroxylation sites is 1. The van der Waals surface area contributed by atoms with E-state index in [4.69, 9.17) is 15.2 Å². The van der Waals surface area contributed by atoms with Crippen molar-refractivity contribution in [2.75, 3.05) is 6.61 Å². The van der Waals surface area contributed by atoms with Gasteiger partial charge in [0, 0.05) is 17.5 Å². The Balaban J connectivity index is 1.31.